The molecule has 0 radical (unpaired) electrons. The van der Waals surface area contributed by atoms with E-state index in [1.807, 2.05) is 0 Å². The molecule has 0 aromatic rings. The Labute approximate surface area is 153 Å². The summed E-state index contributed by atoms with van der Waals surface area (Å²) in [6.45, 7) is 2.61. The summed E-state index contributed by atoms with van der Waals surface area (Å²) in [6.07, 6.45) is 13.6. The van der Waals surface area contributed by atoms with Gasteiger partial charge in [-0.15, -0.1) is 0 Å². The molecule has 0 aromatic heterocycles. The molecule has 1 aliphatic rings. The Balaban J connectivity index is 1.91. The van der Waals surface area contributed by atoms with Crippen LogP contribution in [0.5, 0.6) is 0 Å². The maximum Gasteiger partial charge on any atom is 0.114 e. The van der Waals surface area contributed by atoms with E-state index in [1.54, 1.807) is 0 Å². The van der Waals surface area contributed by atoms with Gasteiger partial charge in [-0.05, 0) is 25.7 Å². The van der Waals surface area contributed by atoms with Crippen molar-refractivity contribution in [3.8, 4) is 0 Å². The molecule has 5 nitrogen and oxygen atoms in total. The summed E-state index contributed by atoms with van der Waals surface area (Å²) in [5.41, 5.74) is 0. The lowest BCUT2D eigenvalue weighted by Gasteiger charge is -2.24. The normalized spacial score (nSPS) is 25.0. The van der Waals surface area contributed by atoms with E-state index < -0.39 is 24.4 Å². The molecular formula is C20H38O5. The van der Waals surface area contributed by atoms with Crippen LogP contribution < -0.4 is 0 Å². The smallest absolute Gasteiger partial charge is 0.114 e. The number of aliphatic hydroxyl groups excluding tert-OH is 3. The van der Waals surface area contributed by atoms with E-state index in [4.69, 9.17) is 9.47 Å². The van der Waals surface area contributed by atoms with Gasteiger partial charge in [-0.3, -0.25) is 0 Å². The third-order valence-electron chi connectivity index (χ3n) is 4.74. The highest BCUT2D eigenvalue weighted by atomic mass is 16.6. The fraction of sp³-hybridized carbons (Fsp3) is 0.900. The van der Waals surface area contributed by atoms with E-state index in [9.17, 15) is 15.3 Å². The van der Waals surface area contributed by atoms with Crippen molar-refractivity contribution in [2.24, 2.45) is 0 Å². The first kappa shape index (κ1) is 22.6. The summed E-state index contributed by atoms with van der Waals surface area (Å²) in [5, 5.41) is 28.7. The quantitative estimate of drug-likeness (QED) is 0.310. The highest BCUT2D eigenvalue weighted by Gasteiger charge is 2.40. The minimum absolute atomic E-state index is 0.0978. The van der Waals surface area contributed by atoms with Gasteiger partial charge in [0.2, 0.25) is 0 Å². The third kappa shape index (κ3) is 9.71. The van der Waals surface area contributed by atoms with Crippen molar-refractivity contribution >= 4 is 0 Å². The molecule has 0 unspecified atom stereocenters. The van der Waals surface area contributed by atoms with Crippen molar-refractivity contribution in [3.05, 3.63) is 12.2 Å². The summed E-state index contributed by atoms with van der Waals surface area (Å²) >= 11 is 0. The number of hydrogen-bond donors (Lipinski definition) is 3. The summed E-state index contributed by atoms with van der Waals surface area (Å²) < 4.78 is 10.9. The van der Waals surface area contributed by atoms with Gasteiger partial charge in [-0.25, -0.2) is 0 Å². The lowest BCUT2D eigenvalue weighted by molar-refractivity contribution is -0.101. The monoisotopic (exact) mass is 358 g/mol. The molecule has 1 fully saturated rings. The van der Waals surface area contributed by atoms with Crippen molar-refractivity contribution < 1.29 is 24.8 Å². The maximum atomic E-state index is 9.79. The van der Waals surface area contributed by atoms with Crippen LogP contribution in [0.1, 0.15) is 71.1 Å². The predicted octanol–water partition coefficient (Wildman–Crippen LogP) is 2.96. The average Bonchev–Trinajstić information content (AvgIpc) is 2.95. The maximum absolute atomic E-state index is 9.79. The van der Waals surface area contributed by atoms with Crippen LogP contribution in [0.15, 0.2) is 12.2 Å². The molecule has 1 saturated heterocycles. The van der Waals surface area contributed by atoms with Crippen molar-refractivity contribution in [2.45, 2.75) is 95.5 Å². The SMILES string of the molecule is CC/C=C/CCCCCCCCCCO[C@@H](CO)[C@H]1OC[C@@H](O)[C@H]1O. The first-order chi connectivity index (χ1) is 12.2. The Kier molecular flexibility index (Phi) is 13.3. The summed E-state index contributed by atoms with van der Waals surface area (Å²) in [7, 11) is 0. The Hall–Kier alpha value is -0.460. The van der Waals surface area contributed by atoms with E-state index in [1.165, 1.54) is 44.9 Å². The zero-order valence-electron chi connectivity index (χ0n) is 15.8. The molecule has 0 saturated carbocycles. The van der Waals surface area contributed by atoms with Crippen LogP contribution in [0.3, 0.4) is 0 Å². The van der Waals surface area contributed by atoms with Crippen LogP contribution in [0, 0.1) is 0 Å². The molecule has 148 valence electrons. The number of aliphatic hydroxyl groups is 3. The van der Waals surface area contributed by atoms with Crippen molar-refractivity contribution in [3.63, 3.8) is 0 Å². The van der Waals surface area contributed by atoms with E-state index in [0.29, 0.717) is 6.61 Å². The Bertz CT molecular complexity index is 334. The largest absolute Gasteiger partial charge is 0.394 e. The van der Waals surface area contributed by atoms with Crippen molar-refractivity contribution in [1.29, 1.82) is 0 Å². The van der Waals surface area contributed by atoms with E-state index in [2.05, 4.69) is 19.1 Å². The molecule has 1 heterocycles. The molecule has 0 bridgehead atoms. The Morgan fingerprint density at radius 2 is 1.64 bits per heavy atom. The van der Waals surface area contributed by atoms with Gasteiger partial charge in [0, 0.05) is 6.61 Å². The summed E-state index contributed by atoms with van der Waals surface area (Å²) in [6, 6.07) is 0. The molecule has 25 heavy (non-hydrogen) atoms. The molecule has 1 aliphatic heterocycles. The number of hydrogen-bond acceptors (Lipinski definition) is 5. The molecule has 0 aromatic carbocycles. The second-order valence-electron chi connectivity index (χ2n) is 6.94. The van der Waals surface area contributed by atoms with Gasteiger partial charge in [-0.1, -0.05) is 57.6 Å². The van der Waals surface area contributed by atoms with Gasteiger partial charge in [0.15, 0.2) is 0 Å². The average molecular weight is 359 g/mol. The second kappa shape index (κ2) is 14.7. The first-order valence-electron chi connectivity index (χ1n) is 10.1. The van der Waals surface area contributed by atoms with Gasteiger partial charge in [-0.2, -0.15) is 0 Å². The molecule has 0 spiro atoms. The van der Waals surface area contributed by atoms with Crippen molar-refractivity contribution in [2.75, 3.05) is 19.8 Å². The van der Waals surface area contributed by atoms with Crippen LogP contribution >= 0.6 is 0 Å². The standard InChI is InChI=1S/C20H38O5/c1-2-3-4-5-6-7-8-9-10-11-12-13-14-24-18(15-21)20-19(23)17(22)16-25-20/h3-4,17-23H,2,5-16H2,1H3/b4-3+/t17-,18+,19-,20-/m1/s1. The van der Waals surface area contributed by atoms with E-state index in [-0.39, 0.29) is 13.2 Å². The summed E-state index contributed by atoms with van der Waals surface area (Å²) in [4.78, 5) is 0. The molecule has 5 heteroatoms. The number of rotatable bonds is 15. The third-order valence-corrected chi connectivity index (χ3v) is 4.74. The van der Waals surface area contributed by atoms with Gasteiger partial charge in [0.1, 0.15) is 24.4 Å². The van der Waals surface area contributed by atoms with Gasteiger partial charge < -0.3 is 24.8 Å². The number of allylic oxidation sites excluding steroid dienone is 2. The van der Waals surface area contributed by atoms with Gasteiger partial charge >= 0.3 is 0 Å². The Morgan fingerprint density at radius 1 is 1.00 bits per heavy atom. The molecule has 4 atom stereocenters. The molecular weight excluding hydrogens is 320 g/mol. The van der Waals surface area contributed by atoms with Crippen molar-refractivity contribution in [1.82, 2.24) is 0 Å². The lowest BCUT2D eigenvalue weighted by atomic mass is 10.1. The van der Waals surface area contributed by atoms with Crippen LogP contribution in [0.2, 0.25) is 0 Å². The molecule has 0 aliphatic carbocycles. The van der Waals surface area contributed by atoms with Crippen LogP contribution in [0.4, 0.5) is 0 Å². The fourth-order valence-corrected chi connectivity index (χ4v) is 3.15. The van der Waals surface area contributed by atoms with Crippen LogP contribution in [-0.4, -0.2) is 59.6 Å². The fourth-order valence-electron chi connectivity index (χ4n) is 3.15. The van der Waals surface area contributed by atoms with Crippen LogP contribution in [0.25, 0.3) is 0 Å². The second-order valence-corrected chi connectivity index (χ2v) is 6.94. The van der Waals surface area contributed by atoms with Gasteiger partial charge in [0.25, 0.3) is 0 Å². The predicted molar refractivity (Wildman–Crippen MR) is 99.6 cm³/mol. The topological polar surface area (TPSA) is 79.2 Å². The van der Waals surface area contributed by atoms with E-state index >= 15 is 0 Å². The molecule has 1 rings (SSSR count). The highest BCUT2D eigenvalue weighted by molar-refractivity contribution is 4.88. The van der Waals surface area contributed by atoms with Crippen LogP contribution in [-0.2, 0) is 9.47 Å². The Morgan fingerprint density at radius 3 is 2.20 bits per heavy atom. The molecule has 0 amide bonds. The number of ether oxygens (including phenoxy) is 2. The highest BCUT2D eigenvalue weighted by Crippen LogP contribution is 2.20. The minimum atomic E-state index is -0.977. The minimum Gasteiger partial charge on any atom is -0.394 e. The number of unbranched alkanes of at least 4 members (excludes halogenated alkanes) is 8. The zero-order chi connectivity index (χ0) is 18.3. The zero-order valence-corrected chi connectivity index (χ0v) is 15.8. The lowest BCUT2D eigenvalue weighted by Crippen LogP contribution is -2.42. The molecule has 3 N–H and O–H groups in total. The summed E-state index contributed by atoms with van der Waals surface area (Å²) in [5.74, 6) is 0. The van der Waals surface area contributed by atoms with E-state index in [0.717, 1.165) is 19.3 Å². The first-order valence-corrected chi connectivity index (χ1v) is 10.1. The van der Waals surface area contributed by atoms with Gasteiger partial charge in [0.05, 0.1) is 13.2 Å².